The summed E-state index contributed by atoms with van der Waals surface area (Å²) in [6.07, 6.45) is 2.28. The summed E-state index contributed by atoms with van der Waals surface area (Å²) >= 11 is 0. The molecule has 4 aromatic rings. The van der Waals surface area contributed by atoms with Crippen LogP contribution >= 0.6 is 0 Å². The lowest BCUT2D eigenvalue weighted by Gasteiger charge is -2.32. The van der Waals surface area contributed by atoms with Crippen LogP contribution in [0.2, 0.25) is 0 Å². The molecule has 0 radical (unpaired) electrons. The van der Waals surface area contributed by atoms with Gasteiger partial charge in [0.05, 0.1) is 10.4 Å². The highest BCUT2D eigenvalue weighted by atomic mass is 32.2. The molecule has 1 saturated heterocycles. The minimum atomic E-state index is -3.87. The molecular weight excluding hydrogens is 422 g/mol. The van der Waals surface area contributed by atoms with E-state index in [0.717, 1.165) is 41.8 Å². The number of hydrogen-bond acceptors (Lipinski definition) is 6. The molecule has 32 heavy (non-hydrogen) atoms. The molecule has 1 atom stereocenters. The summed E-state index contributed by atoms with van der Waals surface area (Å²) in [4.78, 5) is 7.31. The van der Waals surface area contributed by atoms with Crippen molar-refractivity contribution in [2.45, 2.75) is 49.5 Å². The number of benzene rings is 2. The van der Waals surface area contributed by atoms with Gasteiger partial charge in [-0.3, -0.25) is 0 Å². The predicted octanol–water partition coefficient (Wildman–Crippen LogP) is 4.47. The smallest absolute Gasteiger partial charge is 0.229 e. The Labute approximate surface area is 188 Å². The van der Waals surface area contributed by atoms with Crippen molar-refractivity contribution in [2.75, 3.05) is 18.0 Å². The lowest BCUT2D eigenvalue weighted by atomic mass is 10.00. The van der Waals surface area contributed by atoms with Crippen molar-refractivity contribution >= 4 is 32.2 Å². The quantitative estimate of drug-likeness (QED) is 0.457. The van der Waals surface area contributed by atoms with Gasteiger partial charge in [0.25, 0.3) is 0 Å². The molecule has 1 fully saturated rings. The van der Waals surface area contributed by atoms with Gasteiger partial charge in [-0.25, -0.2) is 13.4 Å². The molecule has 2 aromatic heterocycles. The highest BCUT2D eigenvalue weighted by molar-refractivity contribution is 7.91. The van der Waals surface area contributed by atoms with E-state index in [1.165, 1.54) is 6.42 Å². The Kier molecular flexibility index (Phi) is 5.12. The van der Waals surface area contributed by atoms with Gasteiger partial charge < -0.3 is 4.90 Å². The van der Waals surface area contributed by atoms with E-state index in [2.05, 4.69) is 36.0 Å². The monoisotopic (exact) mass is 449 g/mol. The van der Waals surface area contributed by atoms with E-state index < -0.39 is 9.84 Å². The molecule has 1 unspecified atom stereocenters. The largest absolute Gasteiger partial charge is 0.356 e. The topological polar surface area (TPSA) is 80.5 Å². The summed E-state index contributed by atoms with van der Waals surface area (Å²) in [7, 11) is -3.87. The van der Waals surface area contributed by atoms with Crippen molar-refractivity contribution in [3.05, 3.63) is 54.1 Å². The van der Waals surface area contributed by atoms with Gasteiger partial charge in [-0.2, -0.15) is 4.52 Å². The van der Waals surface area contributed by atoms with Crippen molar-refractivity contribution < 1.29 is 8.42 Å². The summed E-state index contributed by atoms with van der Waals surface area (Å²) in [6.45, 7) is 8.19. The molecule has 0 N–H and O–H groups in total. The third kappa shape index (κ3) is 3.43. The van der Waals surface area contributed by atoms with Crippen LogP contribution in [0.1, 0.15) is 45.1 Å². The second kappa shape index (κ2) is 7.85. The molecule has 0 bridgehead atoms. The summed E-state index contributed by atoms with van der Waals surface area (Å²) in [5, 5.41) is 9.13. The molecule has 1 aliphatic heterocycles. The first-order valence-corrected chi connectivity index (χ1v) is 12.6. The summed E-state index contributed by atoms with van der Waals surface area (Å²) in [5.74, 6) is 1.68. The maximum atomic E-state index is 13.5. The van der Waals surface area contributed by atoms with E-state index in [1.54, 1.807) is 16.6 Å². The maximum absolute atomic E-state index is 13.5. The van der Waals surface area contributed by atoms with Gasteiger partial charge in [-0.15, -0.1) is 5.10 Å². The molecule has 5 rings (SSSR count). The Morgan fingerprint density at radius 2 is 1.81 bits per heavy atom. The second-order valence-corrected chi connectivity index (χ2v) is 10.9. The predicted molar refractivity (Wildman–Crippen MR) is 125 cm³/mol. The normalized spacial score (nSPS) is 17.5. The summed E-state index contributed by atoms with van der Waals surface area (Å²) < 4.78 is 28.5. The van der Waals surface area contributed by atoms with Gasteiger partial charge in [0, 0.05) is 18.5 Å². The molecule has 166 valence electrons. The average molecular weight is 450 g/mol. The van der Waals surface area contributed by atoms with Crippen LogP contribution in [0, 0.1) is 5.92 Å². The zero-order valence-electron chi connectivity index (χ0n) is 18.6. The second-order valence-electron chi connectivity index (χ2n) is 9.00. The first-order valence-electron chi connectivity index (χ1n) is 11.1. The van der Waals surface area contributed by atoms with Gasteiger partial charge >= 0.3 is 0 Å². The number of anilines is 1. The molecule has 0 aliphatic carbocycles. The van der Waals surface area contributed by atoms with Crippen LogP contribution in [0.15, 0.2) is 58.5 Å². The Balaban J connectivity index is 1.70. The van der Waals surface area contributed by atoms with Crippen LogP contribution in [-0.2, 0) is 9.84 Å². The average Bonchev–Trinajstić information content (AvgIpc) is 3.24. The van der Waals surface area contributed by atoms with E-state index in [-0.39, 0.29) is 15.6 Å². The van der Waals surface area contributed by atoms with E-state index in [9.17, 15) is 8.42 Å². The van der Waals surface area contributed by atoms with Crippen LogP contribution in [0.4, 0.5) is 5.82 Å². The number of hydrogen-bond donors (Lipinski definition) is 0. The highest BCUT2D eigenvalue weighted by Gasteiger charge is 2.28. The number of piperidine rings is 1. The number of sulfone groups is 1. The molecule has 3 heterocycles. The van der Waals surface area contributed by atoms with E-state index in [4.69, 9.17) is 4.98 Å². The maximum Gasteiger partial charge on any atom is 0.229 e. The minimum absolute atomic E-state index is 0.105. The van der Waals surface area contributed by atoms with Gasteiger partial charge in [0.15, 0.2) is 5.65 Å². The Morgan fingerprint density at radius 3 is 2.53 bits per heavy atom. The van der Waals surface area contributed by atoms with Crippen LogP contribution < -0.4 is 4.90 Å². The van der Waals surface area contributed by atoms with Crippen LogP contribution in [-0.4, -0.2) is 41.3 Å². The first-order chi connectivity index (χ1) is 15.4. The number of nitrogens with zero attached hydrogens (tertiary/aromatic N) is 5. The molecule has 2 aromatic carbocycles. The number of rotatable bonds is 4. The molecule has 0 saturated carbocycles. The van der Waals surface area contributed by atoms with Crippen molar-refractivity contribution in [1.82, 2.24) is 19.8 Å². The Morgan fingerprint density at radius 1 is 1.06 bits per heavy atom. The molecule has 0 amide bonds. The van der Waals surface area contributed by atoms with Gasteiger partial charge in [-0.1, -0.05) is 50.3 Å². The van der Waals surface area contributed by atoms with Crippen LogP contribution in [0.5, 0.6) is 0 Å². The zero-order chi connectivity index (χ0) is 22.5. The lowest BCUT2D eigenvalue weighted by Crippen LogP contribution is -2.35. The fraction of sp³-hybridized carbons (Fsp3) is 0.375. The van der Waals surface area contributed by atoms with Crippen molar-refractivity contribution in [3.63, 3.8) is 0 Å². The Hall–Kier alpha value is -3.00. The first kappa shape index (κ1) is 20.9. The number of aromatic nitrogens is 4. The minimum Gasteiger partial charge on any atom is -0.356 e. The molecule has 1 aliphatic rings. The lowest BCUT2D eigenvalue weighted by molar-refractivity contribution is 0.445. The van der Waals surface area contributed by atoms with Gasteiger partial charge in [0.2, 0.25) is 14.9 Å². The van der Waals surface area contributed by atoms with Crippen LogP contribution in [0.3, 0.4) is 0 Å². The molecular formula is C24H27N5O2S. The van der Waals surface area contributed by atoms with Crippen molar-refractivity contribution in [1.29, 1.82) is 0 Å². The van der Waals surface area contributed by atoms with Crippen LogP contribution in [0.25, 0.3) is 16.6 Å². The van der Waals surface area contributed by atoms with E-state index >= 15 is 0 Å². The molecule has 0 spiro atoms. The third-order valence-corrected chi connectivity index (χ3v) is 7.94. The van der Waals surface area contributed by atoms with Crippen molar-refractivity contribution in [3.8, 4) is 0 Å². The highest BCUT2D eigenvalue weighted by Crippen LogP contribution is 2.32. The fourth-order valence-corrected chi connectivity index (χ4v) is 5.70. The van der Waals surface area contributed by atoms with E-state index in [1.807, 2.05) is 36.4 Å². The third-order valence-electron chi connectivity index (χ3n) is 6.27. The number of para-hydroxylation sites is 1. The van der Waals surface area contributed by atoms with Gasteiger partial charge in [0.1, 0.15) is 5.82 Å². The standard InChI is InChI=1S/C24H27N5O2S/c1-16(2)18-10-12-19(13-11-18)32(30,31)24-23-25-22(28-14-6-7-17(3)15-28)20-8-4-5-9-21(20)29(23)27-26-24/h4-5,8-13,16-17H,6-7,14-15H2,1-3H3. The Bertz CT molecular complexity index is 1390. The number of fused-ring (bicyclic) bond motifs is 3. The van der Waals surface area contributed by atoms with Gasteiger partial charge in [-0.05, 0) is 54.5 Å². The summed E-state index contributed by atoms with van der Waals surface area (Å²) in [6, 6.07) is 14.8. The van der Waals surface area contributed by atoms with E-state index in [0.29, 0.717) is 11.8 Å². The zero-order valence-corrected chi connectivity index (χ0v) is 19.4. The SMILES string of the molecule is CC1CCCN(c2nc3c(S(=O)(=O)c4ccc(C(C)C)cc4)nnn3c3ccccc23)C1. The summed E-state index contributed by atoms with van der Waals surface area (Å²) in [5.41, 5.74) is 2.15. The molecule has 8 heteroatoms. The molecule has 7 nitrogen and oxygen atoms in total. The van der Waals surface area contributed by atoms with Crippen molar-refractivity contribution in [2.24, 2.45) is 5.92 Å². The fourth-order valence-electron chi connectivity index (χ4n) is 4.47.